The van der Waals surface area contributed by atoms with Crippen LogP contribution in [0.15, 0.2) is 59.6 Å². The van der Waals surface area contributed by atoms with Gasteiger partial charge in [-0.15, -0.1) is 24.0 Å². The Morgan fingerprint density at radius 2 is 1.78 bits per heavy atom. The van der Waals surface area contributed by atoms with E-state index in [1.807, 2.05) is 37.3 Å². The predicted octanol–water partition coefficient (Wildman–Crippen LogP) is 3.69. The minimum absolute atomic E-state index is 0. The van der Waals surface area contributed by atoms with Crippen LogP contribution in [0.4, 0.5) is 0 Å². The van der Waals surface area contributed by atoms with E-state index in [0.717, 1.165) is 49.9 Å². The number of halogens is 1. The highest BCUT2D eigenvalue weighted by Gasteiger charge is 2.34. The number of aliphatic hydroxyl groups excluding tert-OH is 1. The van der Waals surface area contributed by atoms with Gasteiger partial charge in [-0.3, -0.25) is 4.99 Å². The molecule has 1 heterocycles. The number of benzene rings is 2. The van der Waals surface area contributed by atoms with E-state index in [-0.39, 0.29) is 41.9 Å². The first-order valence-electron chi connectivity index (χ1n) is 11.1. The molecule has 1 unspecified atom stereocenters. The molecule has 0 saturated carbocycles. The van der Waals surface area contributed by atoms with Crippen molar-refractivity contribution < 1.29 is 14.6 Å². The highest BCUT2D eigenvalue weighted by Crippen LogP contribution is 2.35. The molecule has 0 bridgehead atoms. The first kappa shape index (κ1) is 26.4. The highest BCUT2D eigenvalue weighted by atomic mass is 127. The van der Waals surface area contributed by atoms with Crippen molar-refractivity contribution in [1.29, 1.82) is 0 Å². The summed E-state index contributed by atoms with van der Waals surface area (Å²) in [6.07, 6.45) is 1.91. The van der Waals surface area contributed by atoms with Crippen LogP contribution in [0.1, 0.15) is 36.8 Å². The Labute approximate surface area is 208 Å². The molecule has 2 aromatic carbocycles. The van der Waals surface area contributed by atoms with Gasteiger partial charge >= 0.3 is 0 Å². The number of guanidine groups is 1. The van der Waals surface area contributed by atoms with Crippen molar-refractivity contribution in [2.75, 3.05) is 46.6 Å². The zero-order valence-corrected chi connectivity index (χ0v) is 21.4. The normalized spacial score (nSPS) is 16.5. The summed E-state index contributed by atoms with van der Waals surface area (Å²) in [4.78, 5) is 4.40. The molecule has 0 aromatic heterocycles. The van der Waals surface area contributed by atoms with Crippen molar-refractivity contribution in [3.05, 3.63) is 65.7 Å². The number of nitrogens with one attached hydrogen (secondary N) is 2. The summed E-state index contributed by atoms with van der Waals surface area (Å²) in [5.41, 5.74) is 2.39. The Morgan fingerprint density at radius 3 is 2.38 bits per heavy atom. The molecule has 0 amide bonds. The lowest BCUT2D eigenvalue weighted by molar-refractivity contribution is 0.0513. The number of aliphatic hydroxyl groups is 1. The minimum Gasteiger partial charge on any atom is -0.494 e. The molecule has 1 aliphatic heterocycles. The van der Waals surface area contributed by atoms with Crippen LogP contribution in [-0.4, -0.2) is 57.6 Å². The zero-order chi connectivity index (χ0) is 21.9. The van der Waals surface area contributed by atoms with Crippen molar-refractivity contribution in [1.82, 2.24) is 10.6 Å². The lowest BCUT2D eigenvalue weighted by Crippen LogP contribution is -2.48. The maximum atomic E-state index is 9.82. The molecule has 7 heteroatoms. The average molecular weight is 553 g/mol. The summed E-state index contributed by atoms with van der Waals surface area (Å²) in [5.74, 6) is 1.66. The molecule has 3 rings (SSSR count). The van der Waals surface area contributed by atoms with E-state index in [1.165, 1.54) is 5.56 Å². The van der Waals surface area contributed by atoms with E-state index in [1.54, 1.807) is 7.05 Å². The smallest absolute Gasteiger partial charge is 0.191 e. The number of hydrogen-bond donors (Lipinski definition) is 3. The largest absolute Gasteiger partial charge is 0.494 e. The second kappa shape index (κ2) is 13.6. The van der Waals surface area contributed by atoms with Gasteiger partial charge in [0, 0.05) is 44.7 Å². The standard InChI is InChI=1S/C25H35N3O3.HI/c1-3-31-23-11-9-22(10-12-23)25(13-15-30-16-14-25)19-28-24(26-2)27-17-21(18-29)20-7-5-4-6-8-20;/h4-12,21,29H,3,13-19H2,1-2H3,(H2,26,27,28);1H. The van der Waals surface area contributed by atoms with Gasteiger partial charge in [0.15, 0.2) is 5.96 Å². The fourth-order valence-corrected chi connectivity index (χ4v) is 4.11. The molecule has 6 nitrogen and oxygen atoms in total. The van der Waals surface area contributed by atoms with E-state index in [0.29, 0.717) is 13.2 Å². The third kappa shape index (κ3) is 7.08. The minimum atomic E-state index is -0.0174. The van der Waals surface area contributed by atoms with Crippen molar-refractivity contribution in [2.45, 2.75) is 31.1 Å². The van der Waals surface area contributed by atoms with Crippen molar-refractivity contribution >= 4 is 29.9 Å². The Kier molecular flexibility index (Phi) is 11.3. The maximum Gasteiger partial charge on any atom is 0.191 e. The average Bonchev–Trinajstić information content (AvgIpc) is 2.83. The van der Waals surface area contributed by atoms with Crippen molar-refractivity contribution in [2.24, 2.45) is 4.99 Å². The molecule has 3 N–H and O–H groups in total. The summed E-state index contributed by atoms with van der Waals surface area (Å²) in [6, 6.07) is 18.5. The lowest BCUT2D eigenvalue weighted by atomic mass is 9.74. The lowest BCUT2D eigenvalue weighted by Gasteiger charge is -2.38. The van der Waals surface area contributed by atoms with Gasteiger partial charge in [0.2, 0.25) is 0 Å². The molecule has 1 saturated heterocycles. The number of aliphatic imine (C=N–C) groups is 1. The quantitative estimate of drug-likeness (QED) is 0.251. The zero-order valence-electron chi connectivity index (χ0n) is 19.0. The van der Waals surface area contributed by atoms with E-state index in [9.17, 15) is 5.11 Å². The summed E-state index contributed by atoms with van der Waals surface area (Å²) < 4.78 is 11.3. The second-order valence-corrected chi connectivity index (χ2v) is 7.95. The molecule has 0 spiro atoms. The molecule has 0 radical (unpaired) electrons. The van der Waals surface area contributed by atoms with E-state index in [4.69, 9.17) is 9.47 Å². The molecule has 1 fully saturated rings. The van der Waals surface area contributed by atoms with Crippen LogP contribution in [0.5, 0.6) is 5.75 Å². The Morgan fingerprint density at radius 1 is 1.09 bits per heavy atom. The van der Waals surface area contributed by atoms with Gasteiger partial charge in [-0.2, -0.15) is 0 Å². The molecule has 176 valence electrons. The van der Waals surface area contributed by atoms with Crippen LogP contribution in [0.3, 0.4) is 0 Å². The van der Waals surface area contributed by atoms with Crippen LogP contribution in [0, 0.1) is 0 Å². The first-order chi connectivity index (χ1) is 15.2. The first-order valence-corrected chi connectivity index (χ1v) is 11.1. The SMILES string of the molecule is CCOc1ccc(C2(CNC(=NC)NCC(CO)c3ccccc3)CCOCC2)cc1.I. The predicted molar refractivity (Wildman–Crippen MR) is 140 cm³/mol. The van der Waals surface area contributed by atoms with Gasteiger partial charge in [-0.25, -0.2) is 0 Å². The molecular formula is C25H36IN3O3. The molecule has 1 atom stereocenters. The second-order valence-electron chi connectivity index (χ2n) is 7.95. The third-order valence-corrected chi connectivity index (χ3v) is 6.05. The van der Waals surface area contributed by atoms with Gasteiger partial charge in [-0.1, -0.05) is 42.5 Å². The molecule has 0 aliphatic carbocycles. The number of hydrogen-bond acceptors (Lipinski definition) is 4. The van der Waals surface area contributed by atoms with Crippen LogP contribution in [-0.2, 0) is 10.2 Å². The Hall–Kier alpha value is -1.84. The van der Waals surface area contributed by atoms with Crippen LogP contribution in [0.25, 0.3) is 0 Å². The fraction of sp³-hybridized carbons (Fsp3) is 0.480. The van der Waals surface area contributed by atoms with Gasteiger partial charge < -0.3 is 25.2 Å². The van der Waals surface area contributed by atoms with Gasteiger partial charge in [0.1, 0.15) is 5.75 Å². The number of nitrogens with zero attached hydrogens (tertiary/aromatic N) is 1. The van der Waals surface area contributed by atoms with Gasteiger partial charge in [0.05, 0.1) is 13.2 Å². The highest BCUT2D eigenvalue weighted by molar-refractivity contribution is 14.0. The van der Waals surface area contributed by atoms with Crippen LogP contribution >= 0.6 is 24.0 Å². The van der Waals surface area contributed by atoms with E-state index in [2.05, 4.69) is 39.9 Å². The van der Waals surface area contributed by atoms with E-state index >= 15 is 0 Å². The molecule has 2 aromatic rings. The topological polar surface area (TPSA) is 75.1 Å². The number of ether oxygens (including phenoxy) is 2. The van der Waals surface area contributed by atoms with Crippen LogP contribution < -0.4 is 15.4 Å². The summed E-state index contributed by atoms with van der Waals surface area (Å²) in [6.45, 7) is 5.62. The summed E-state index contributed by atoms with van der Waals surface area (Å²) in [7, 11) is 1.78. The monoisotopic (exact) mass is 553 g/mol. The molecule has 1 aliphatic rings. The van der Waals surface area contributed by atoms with Gasteiger partial charge in [0.25, 0.3) is 0 Å². The van der Waals surface area contributed by atoms with Crippen molar-refractivity contribution in [3.8, 4) is 5.75 Å². The fourth-order valence-electron chi connectivity index (χ4n) is 4.11. The van der Waals surface area contributed by atoms with Gasteiger partial charge in [-0.05, 0) is 43.0 Å². The van der Waals surface area contributed by atoms with Crippen molar-refractivity contribution in [3.63, 3.8) is 0 Å². The summed E-state index contributed by atoms with van der Waals surface area (Å²) in [5, 5.41) is 16.7. The third-order valence-electron chi connectivity index (χ3n) is 6.05. The number of rotatable bonds is 9. The maximum absolute atomic E-state index is 9.82. The Balaban J connectivity index is 0.00000363. The molecule has 32 heavy (non-hydrogen) atoms. The van der Waals surface area contributed by atoms with E-state index < -0.39 is 0 Å². The molecular weight excluding hydrogens is 517 g/mol. The Bertz CT molecular complexity index is 809. The summed E-state index contributed by atoms with van der Waals surface area (Å²) >= 11 is 0. The van der Waals surface area contributed by atoms with Crippen LogP contribution in [0.2, 0.25) is 0 Å².